The molecule has 0 aromatic heterocycles. The number of benzene rings is 1. The van der Waals surface area contributed by atoms with E-state index in [1.165, 1.54) is 32.1 Å². The molecule has 0 N–H and O–H groups in total. The van der Waals surface area contributed by atoms with E-state index < -0.39 is 0 Å². The Kier molecular flexibility index (Phi) is 5.20. The van der Waals surface area contributed by atoms with Gasteiger partial charge < -0.3 is 14.0 Å². The van der Waals surface area contributed by atoms with Gasteiger partial charge in [0.1, 0.15) is 5.75 Å². The first-order chi connectivity index (χ1) is 11.3. The lowest BCUT2D eigenvalue weighted by Crippen LogP contribution is -2.41. The van der Waals surface area contributed by atoms with E-state index in [1.54, 1.807) is 0 Å². The van der Waals surface area contributed by atoms with Gasteiger partial charge in [-0.05, 0) is 64.1 Å². The molecule has 24 heavy (non-hydrogen) atoms. The molecule has 0 amide bonds. The maximum Gasteiger partial charge on any atom is 0.494 e. The smallest absolute Gasteiger partial charge is 0.492 e. The maximum atomic E-state index is 6.33. The summed E-state index contributed by atoms with van der Waals surface area (Å²) in [6.07, 6.45) is 6.50. The van der Waals surface area contributed by atoms with Crippen LogP contribution in [0.5, 0.6) is 5.75 Å². The minimum Gasteiger partial charge on any atom is -0.492 e. The molecule has 0 bridgehead atoms. The van der Waals surface area contributed by atoms with Crippen LogP contribution in [0, 0.1) is 5.92 Å². The van der Waals surface area contributed by atoms with Crippen molar-refractivity contribution < 1.29 is 14.0 Å². The fourth-order valence-electron chi connectivity index (χ4n) is 3.32. The molecule has 0 atom stereocenters. The fourth-order valence-corrected chi connectivity index (χ4v) is 3.49. The second kappa shape index (κ2) is 6.89. The van der Waals surface area contributed by atoms with Crippen molar-refractivity contribution in [1.29, 1.82) is 0 Å². The quantitative estimate of drug-likeness (QED) is 0.743. The summed E-state index contributed by atoms with van der Waals surface area (Å²) in [5.41, 5.74) is 0.262. The number of hydrogen-bond donors (Lipinski definition) is 0. The first kappa shape index (κ1) is 18.1. The molecule has 1 aromatic rings. The fraction of sp³-hybridized carbons (Fsp3) is 0.684. The number of hydrogen-bond acceptors (Lipinski definition) is 3. The Morgan fingerprint density at radius 3 is 2.33 bits per heavy atom. The second-order valence-electron chi connectivity index (χ2n) is 8.09. The van der Waals surface area contributed by atoms with Gasteiger partial charge >= 0.3 is 7.12 Å². The van der Waals surface area contributed by atoms with Gasteiger partial charge in [0.2, 0.25) is 0 Å². The van der Waals surface area contributed by atoms with Crippen LogP contribution in [0.1, 0.15) is 59.8 Å². The molecule has 5 heteroatoms. The minimum atomic E-state index is -0.385. The molecule has 0 unspecified atom stereocenters. The highest BCUT2D eigenvalue weighted by Gasteiger charge is 2.51. The molecule has 1 aliphatic carbocycles. The van der Waals surface area contributed by atoms with Crippen molar-refractivity contribution in [3.8, 4) is 5.75 Å². The summed E-state index contributed by atoms with van der Waals surface area (Å²) in [6, 6.07) is 5.80. The van der Waals surface area contributed by atoms with Crippen LogP contribution in [-0.4, -0.2) is 24.9 Å². The average molecular weight is 351 g/mol. The molecule has 1 saturated carbocycles. The van der Waals surface area contributed by atoms with Crippen LogP contribution in [0.25, 0.3) is 0 Å². The lowest BCUT2D eigenvalue weighted by molar-refractivity contribution is 0.00578. The van der Waals surface area contributed by atoms with Crippen molar-refractivity contribution in [3.63, 3.8) is 0 Å². The molecule has 0 spiro atoms. The highest BCUT2D eigenvalue weighted by Crippen LogP contribution is 2.37. The molecule has 3 rings (SSSR count). The van der Waals surface area contributed by atoms with E-state index in [2.05, 4.69) is 27.7 Å². The van der Waals surface area contributed by atoms with Crippen LogP contribution in [0.2, 0.25) is 5.02 Å². The van der Waals surface area contributed by atoms with Crippen molar-refractivity contribution in [2.24, 2.45) is 5.92 Å². The number of halogens is 1. The molecule has 1 aliphatic heterocycles. The Labute approximate surface area is 151 Å². The molecular formula is C19H28BClO3. The largest absolute Gasteiger partial charge is 0.494 e. The van der Waals surface area contributed by atoms with Crippen molar-refractivity contribution >= 4 is 24.2 Å². The van der Waals surface area contributed by atoms with Crippen molar-refractivity contribution in [3.05, 3.63) is 23.2 Å². The lowest BCUT2D eigenvalue weighted by Gasteiger charge is -2.32. The van der Waals surface area contributed by atoms with Gasteiger partial charge in [-0.1, -0.05) is 36.9 Å². The molecule has 1 saturated heterocycles. The Hall–Kier alpha value is -0.705. The Bertz CT molecular complexity index is 566. The molecule has 3 nitrogen and oxygen atoms in total. The SMILES string of the molecule is CC1(C)OB(c2ccc(Cl)c(OCC3CCCCC3)c2)OC1(C)C. The van der Waals surface area contributed by atoms with Crippen LogP contribution < -0.4 is 10.2 Å². The standard InChI is InChI=1S/C19H28BClO3/c1-18(2)19(3,4)24-20(23-18)15-10-11-16(21)17(12-15)22-13-14-8-6-5-7-9-14/h10-12,14H,5-9,13H2,1-4H3. The van der Waals surface area contributed by atoms with E-state index in [-0.39, 0.29) is 18.3 Å². The molecule has 0 radical (unpaired) electrons. The van der Waals surface area contributed by atoms with Crippen LogP contribution in [0.15, 0.2) is 18.2 Å². The van der Waals surface area contributed by atoms with E-state index in [1.807, 2.05) is 18.2 Å². The monoisotopic (exact) mass is 350 g/mol. The summed E-state index contributed by atoms with van der Waals surface area (Å²) < 4.78 is 18.3. The predicted octanol–water partition coefficient (Wildman–Crippen LogP) is 4.60. The highest BCUT2D eigenvalue weighted by molar-refractivity contribution is 6.62. The third kappa shape index (κ3) is 3.76. The predicted molar refractivity (Wildman–Crippen MR) is 99.2 cm³/mol. The summed E-state index contributed by atoms with van der Waals surface area (Å²) >= 11 is 6.33. The molecule has 1 heterocycles. The van der Waals surface area contributed by atoms with Gasteiger partial charge in [0.25, 0.3) is 0 Å². The second-order valence-corrected chi connectivity index (χ2v) is 8.50. The zero-order chi connectivity index (χ0) is 17.4. The normalized spacial score (nSPS) is 23.5. The molecule has 2 aliphatic rings. The van der Waals surface area contributed by atoms with E-state index in [0.717, 1.165) is 17.8 Å². The number of ether oxygens (including phenoxy) is 1. The summed E-state index contributed by atoms with van der Waals surface area (Å²) in [7, 11) is -0.385. The Morgan fingerprint density at radius 1 is 1.08 bits per heavy atom. The van der Waals surface area contributed by atoms with Gasteiger partial charge in [-0.3, -0.25) is 0 Å². The van der Waals surface area contributed by atoms with Crippen molar-refractivity contribution in [1.82, 2.24) is 0 Å². The first-order valence-electron chi connectivity index (χ1n) is 9.06. The molecular weight excluding hydrogens is 322 g/mol. The van der Waals surface area contributed by atoms with E-state index in [4.69, 9.17) is 25.6 Å². The minimum absolute atomic E-state index is 0.347. The van der Waals surface area contributed by atoms with Gasteiger partial charge in [0.05, 0.1) is 22.8 Å². The average Bonchev–Trinajstić information content (AvgIpc) is 2.75. The summed E-state index contributed by atoms with van der Waals surface area (Å²) in [4.78, 5) is 0. The van der Waals surface area contributed by atoms with Gasteiger partial charge in [-0.2, -0.15) is 0 Å². The summed E-state index contributed by atoms with van der Waals surface area (Å²) in [6.45, 7) is 8.98. The van der Waals surface area contributed by atoms with Crippen molar-refractivity contribution in [2.45, 2.75) is 71.0 Å². The van der Waals surface area contributed by atoms with Gasteiger partial charge in [-0.15, -0.1) is 0 Å². The van der Waals surface area contributed by atoms with E-state index in [0.29, 0.717) is 10.9 Å². The zero-order valence-electron chi connectivity index (χ0n) is 15.2. The van der Waals surface area contributed by atoms with E-state index in [9.17, 15) is 0 Å². The first-order valence-corrected chi connectivity index (χ1v) is 9.44. The van der Waals surface area contributed by atoms with Crippen LogP contribution >= 0.6 is 11.6 Å². The van der Waals surface area contributed by atoms with Gasteiger partial charge in [0, 0.05) is 0 Å². The van der Waals surface area contributed by atoms with Gasteiger partial charge in [0.15, 0.2) is 0 Å². The van der Waals surface area contributed by atoms with Crippen LogP contribution in [-0.2, 0) is 9.31 Å². The van der Waals surface area contributed by atoms with Crippen molar-refractivity contribution in [2.75, 3.05) is 6.61 Å². The number of rotatable bonds is 4. The summed E-state index contributed by atoms with van der Waals surface area (Å²) in [5, 5.41) is 0.645. The third-order valence-electron chi connectivity index (χ3n) is 5.68. The summed E-state index contributed by atoms with van der Waals surface area (Å²) in [5.74, 6) is 1.38. The molecule has 132 valence electrons. The Morgan fingerprint density at radius 2 is 1.71 bits per heavy atom. The lowest BCUT2D eigenvalue weighted by atomic mass is 9.79. The van der Waals surface area contributed by atoms with Gasteiger partial charge in [-0.25, -0.2) is 0 Å². The Balaban J connectivity index is 1.70. The topological polar surface area (TPSA) is 27.7 Å². The van der Waals surface area contributed by atoms with Crippen LogP contribution in [0.4, 0.5) is 0 Å². The van der Waals surface area contributed by atoms with Crippen LogP contribution in [0.3, 0.4) is 0 Å². The maximum absolute atomic E-state index is 6.33. The third-order valence-corrected chi connectivity index (χ3v) is 5.99. The zero-order valence-corrected chi connectivity index (χ0v) is 16.0. The highest BCUT2D eigenvalue weighted by atomic mass is 35.5. The molecule has 1 aromatic carbocycles. The van der Waals surface area contributed by atoms with E-state index >= 15 is 0 Å². The molecule has 2 fully saturated rings.